The van der Waals surface area contributed by atoms with Gasteiger partial charge in [-0.15, -0.1) is 0 Å². The highest BCUT2D eigenvalue weighted by atomic mass is 127. The molecule has 0 fully saturated rings. The maximum atomic E-state index is 12.4. The number of alkyl halides is 2. The Kier molecular flexibility index (Phi) is 5.96. The number of hydrogen-bond acceptors (Lipinski definition) is 2. The Morgan fingerprint density at radius 2 is 2.40 bits per heavy atom. The molecular formula is C6H10FIO2. The molecule has 0 heterocycles. The van der Waals surface area contributed by atoms with E-state index in [4.69, 9.17) is 0 Å². The minimum atomic E-state index is -1.06. The average molecular weight is 260 g/mol. The maximum absolute atomic E-state index is 12.4. The molecule has 0 unspecified atom stereocenters. The first-order chi connectivity index (χ1) is 4.70. The van der Waals surface area contributed by atoms with Crippen LogP contribution < -0.4 is 0 Å². The molecule has 0 aromatic rings. The molecule has 1 atom stereocenters. The lowest BCUT2D eigenvalue weighted by atomic mass is 10.3. The largest absolute Gasteiger partial charge is 0.466 e. The van der Waals surface area contributed by atoms with Crippen molar-refractivity contribution in [1.29, 1.82) is 0 Å². The van der Waals surface area contributed by atoms with E-state index in [-0.39, 0.29) is 6.42 Å². The number of rotatable bonds is 4. The number of hydrogen-bond donors (Lipinski definition) is 0. The van der Waals surface area contributed by atoms with Crippen molar-refractivity contribution in [3.8, 4) is 0 Å². The van der Waals surface area contributed by atoms with E-state index >= 15 is 0 Å². The van der Waals surface area contributed by atoms with Gasteiger partial charge in [0.25, 0.3) is 0 Å². The predicted octanol–water partition coefficient (Wildman–Crippen LogP) is 1.71. The smallest absolute Gasteiger partial charge is 0.308 e. The van der Waals surface area contributed by atoms with Crippen molar-refractivity contribution in [2.45, 2.75) is 19.5 Å². The molecule has 2 nitrogen and oxygen atoms in total. The predicted molar refractivity (Wildman–Crippen MR) is 45.0 cm³/mol. The quantitative estimate of drug-likeness (QED) is 0.437. The van der Waals surface area contributed by atoms with Gasteiger partial charge >= 0.3 is 5.97 Å². The van der Waals surface area contributed by atoms with Gasteiger partial charge in [0.15, 0.2) is 0 Å². The zero-order valence-electron chi connectivity index (χ0n) is 5.77. The first-order valence-electron chi connectivity index (χ1n) is 3.06. The molecule has 0 aliphatic heterocycles. The highest BCUT2D eigenvalue weighted by Gasteiger charge is 2.10. The number of carbonyl (C=O) groups excluding carboxylic acids is 1. The van der Waals surface area contributed by atoms with Crippen LogP contribution in [-0.4, -0.2) is 23.2 Å². The van der Waals surface area contributed by atoms with E-state index in [0.29, 0.717) is 11.0 Å². The summed E-state index contributed by atoms with van der Waals surface area (Å²) in [5.41, 5.74) is 0. The van der Waals surface area contributed by atoms with Gasteiger partial charge in [0.2, 0.25) is 0 Å². The molecule has 0 aliphatic rings. The van der Waals surface area contributed by atoms with Crippen LogP contribution in [0, 0.1) is 0 Å². The molecule has 10 heavy (non-hydrogen) atoms. The molecular weight excluding hydrogens is 250 g/mol. The van der Waals surface area contributed by atoms with Crippen molar-refractivity contribution < 1.29 is 13.9 Å². The van der Waals surface area contributed by atoms with Crippen LogP contribution in [0.2, 0.25) is 0 Å². The van der Waals surface area contributed by atoms with Gasteiger partial charge in [0.05, 0.1) is 13.0 Å². The van der Waals surface area contributed by atoms with Gasteiger partial charge in [-0.25, -0.2) is 4.39 Å². The third kappa shape index (κ3) is 4.96. The molecule has 0 saturated heterocycles. The second-order valence-electron chi connectivity index (χ2n) is 1.76. The van der Waals surface area contributed by atoms with E-state index in [1.54, 1.807) is 6.92 Å². The second kappa shape index (κ2) is 5.88. The Hall–Kier alpha value is 0.130. The molecule has 0 saturated carbocycles. The Labute approximate surface area is 73.3 Å². The summed E-state index contributed by atoms with van der Waals surface area (Å²) in [6, 6.07) is 0. The van der Waals surface area contributed by atoms with Gasteiger partial charge in [-0.2, -0.15) is 0 Å². The van der Waals surface area contributed by atoms with E-state index in [0.717, 1.165) is 0 Å². The summed E-state index contributed by atoms with van der Waals surface area (Å²) in [7, 11) is 0. The highest BCUT2D eigenvalue weighted by Crippen LogP contribution is 2.03. The summed E-state index contributed by atoms with van der Waals surface area (Å²) < 4.78 is 17.3. The van der Waals surface area contributed by atoms with Gasteiger partial charge in [0, 0.05) is 4.43 Å². The van der Waals surface area contributed by atoms with Crippen LogP contribution in [-0.2, 0) is 9.53 Å². The Balaban J connectivity index is 3.37. The van der Waals surface area contributed by atoms with Crippen molar-refractivity contribution >= 4 is 28.6 Å². The minimum Gasteiger partial charge on any atom is -0.466 e. The molecule has 0 spiro atoms. The molecule has 60 valence electrons. The number of halogens is 2. The van der Waals surface area contributed by atoms with Crippen molar-refractivity contribution in [3.05, 3.63) is 0 Å². The fourth-order valence-corrected chi connectivity index (χ4v) is 0.767. The number of carbonyl (C=O) groups is 1. The SMILES string of the molecule is CCOC(=O)C[C@H](F)CI. The van der Waals surface area contributed by atoms with Gasteiger partial charge in [-0.05, 0) is 6.92 Å². The average Bonchev–Trinajstić information content (AvgIpc) is 1.88. The lowest BCUT2D eigenvalue weighted by molar-refractivity contribution is -0.144. The summed E-state index contributed by atoms with van der Waals surface area (Å²) in [6.07, 6.45) is -1.17. The summed E-state index contributed by atoms with van der Waals surface area (Å²) in [6.45, 7) is 2.03. The summed E-state index contributed by atoms with van der Waals surface area (Å²) in [5, 5.41) is 0. The number of ether oxygens (including phenoxy) is 1. The fraction of sp³-hybridized carbons (Fsp3) is 0.833. The van der Waals surface area contributed by atoms with Gasteiger partial charge in [0.1, 0.15) is 6.17 Å². The van der Waals surface area contributed by atoms with Crippen molar-refractivity contribution in [2.24, 2.45) is 0 Å². The monoisotopic (exact) mass is 260 g/mol. The van der Waals surface area contributed by atoms with E-state index < -0.39 is 12.1 Å². The molecule has 0 N–H and O–H groups in total. The van der Waals surface area contributed by atoms with Gasteiger partial charge < -0.3 is 4.74 Å². The van der Waals surface area contributed by atoms with Crippen molar-refractivity contribution in [1.82, 2.24) is 0 Å². The normalized spacial score (nSPS) is 12.7. The standard InChI is InChI=1S/C6H10FIO2/c1-2-10-6(9)3-5(7)4-8/h5H,2-4H2,1H3/t5-/m0/s1. The molecule has 0 aromatic heterocycles. The Morgan fingerprint density at radius 1 is 1.80 bits per heavy atom. The summed E-state index contributed by atoms with van der Waals surface area (Å²) in [4.78, 5) is 10.5. The molecule has 0 rings (SSSR count). The van der Waals surface area contributed by atoms with Crippen LogP contribution in [0.25, 0.3) is 0 Å². The second-order valence-corrected chi connectivity index (χ2v) is 2.64. The van der Waals surface area contributed by atoms with Crippen LogP contribution in [0.1, 0.15) is 13.3 Å². The van der Waals surface area contributed by atoms with Gasteiger partial charge in [-0.3, -0.25) is 4.79 Å². The minimum absolute atomic E-state index is 0.114. The number of esters is 1. The topological polar surface area (TPSA) is 26.3 Å². The van der Waals surface area contributed by atoms with E-state index in [9.17, 15) is 9.18 Å². The molecule has 4 heteroatoms. The third-order valence-electron chi connectivity index (χ3n) is 0.861. The van der Waals surface area contributed by atoms with E-state index in [2.05, 4.69) is 4.74 Å². The van der Waals surface area contributed by atoms with Crippen LogP contribution in [0.5, 0.6) is 0 Å². The van der Waals surface area contributed by atoms with Crippen LogP contribution in [0.15, 0.2) is 0 Å². The first kappa shape index (κ1) is 10.1. The molecule has 0 bridgehead atoms. The van der Waals surface area contributed by atoms with Crippen LogP contribution in [0.4, 0.5) is 4.39 Å². The van der Waals surface area contributed by atoms with E-state index in [1.807, 2.05) is 22.6 Å². The van der Waals surface area contributed by atoms with E-state index in [1.165, 1.54) is 0 Å². The summed E-state index contributed by atoms with van der Waals surface area (Å²) in [5.74, 6) is -0.452. The van der Waals surface area contributed by atoms with Crippen LogP contribution in [0.3, 0.4) is 0 Å². The zero-order chi connectivity index (χ0) is 7.98. The summed E-state index contributed by atoms with van der Waals surface area (Å²) >= 11 is 1.89. The molecule has 0 aliphatic carbocycles. The Bertz CT molecular complexity index is 108. The van der Waals surface area contributed by atoms with Crippen LogP contribution >= 0.6 is 22.6 Å². The molecule has 0 radical (unpaired) electrons. The fourth-order valence-electron chi connectivity index (χ4n) is 0.455. The zero-order valence-corrected chi connectivity index (χ0v) is 7.93. The van der Waals surface area contributed by atoms with Gasteiger partial charge in [-0.1, -0.05) is 22.6 Å². The molecule has 0 amide bonds. The lowest BCUT2D eigenvalue weighted by Crippen LogP contribution is -2.12. The first-order valence-corrected chi connectivity index (χ1v) is 4.59. The Morgan fingerprint density at radius 3 is 2.80 bits per heavy atom. The highest BCUT2D eigenvalue weighted by molar-refractivity contribution is 14.1. The van der Waals surface area contributed by atoms with Crippen molar-refractivity contribution in [3.63, 3.8) is 0 Å². The maximum Gasteiger partial charge on any atom is 0.308 e. The lowest BCUT2D eigenvalue weighted by Gasteiger charge is -2.02. The van der Waals surface area contributed by atoms with Crippen molar-refractivity contribution in [2.75, 3.05) is 11.0 Å². The third-order valence-corrected chi connectivity index (χ3v) is 1.82. The molecule has 0 aromatic carbocycles.